The SMILES string of the molecule is CC(=O)C1(C(F)(F)F)OC(=O)Nc2ccc(Cl)cc21. The van der Waals surface area contributed by atoms with Gasteiger partial charge in [-0.3, -0.25) is 10.1 Å². The highest BCUT2D eigenvalue weighted by Gasteiger charge is 2.65. The number of cyclic esters (lactones) is 1. The molecule has 1 aromatic rings. The van der Waals surface area contributed by atoms with Gasteiger partial charge in [0.1, 0.15) is 0 Å². The van der Waals surface area contributed by atoms with Crippen LogP contribution in [0, 0.1) is 0 Å². The number of hydrogen-bond acceptors (Lipinski definition) is 3. The van der Waals surface area contributed by atoms with E-state index in [2.05, 4.69) is 10.1 Å². The molecule has 1 aliphatic heterocycles. The molecule has 0 radical (unpaired) electrons. The van der Waals surface area contributed by atoms with Crippen LogP contribution in [0.1, 0.15) is 12.5 Å². The van der Waals surface area contributed by atoms with E-state index in [0.717, 1.165) is 6.07 Å². The highest BCUT2D eigenvalue weighted by molar-refractivity contribution is 6.30. The normalized spacial score (nSPS) is 22.3. The number of ketones is 1. The van der Waals surface area contributed by atoms with E-state index in [1.807, 2.05) is 0 Å². The predicted octanol–water partition coefficient (Wildman–Crippen LogP) is 3.25. The van der Waals surface area contributed by atoms with Crippen LogP contribution in [0.25, 0.3) is 0 Å². The molecule has 1 aromatic carbocycles. The van der Waals surface area contributed by atoms with Crippen LogP contribution >= 0.6 is 11.6 Å². The molecule has 1 N–H and O–H groups in total. The molecule has 0 bridgehead atoms. The van der Waals surface area contributed by atoms with Gasteiger partial charge in [0.05, 0.1) is 5.69 Å². The van der Waals surface area contributed by atoms with Crippen LogP contribution in [0.2, 0.25) is 5.02 Å². The van der Waals surface area contributed by atoms with Crippen LogP contribution in [-0.2, 0) is 15.1 Å². The number of hydrogen-bond donors (Lipinski definition) is 1. The van der Waals surface area contributed by atoms with Crippen molar-refractivity contribution in [1.29, 1.82) is 0 Å². The summed E-state index contributed by atoms with van der Waals surface area (Å²) < 4.78 is 44.1. The zero-order chi connectivity index (χ0) is 14.4. The van der Waals surface area contributed by atoms with Crippen molar-refractivity contribution in [3.8, 4) is 0 Å². The van der Waals surface area contributed by atoms with Gasteiger partial charge in [0.2, 0.25) is 0 Å². The van der Waals surface area contributed by atoms with Gasteiger partial charge >= 0.3 is 12.3 Å². The number of benzene rings is 1. The second-order valence-electron chi connectivity index (χ2n) is 3.94. The summed E-state index contributed by atoms with van der Waals surface area (Å²) in [5, 5.41) is 2.09. The number of ether oxygens (including phenoxy) is 1. The second kappa shape index (κ2) is 4.12. The number of alkyl halides is 3. The maximum atomic E-state index is 13.3. The van der Waals surface area contributed by atoms with Gasteiger partial charge in [0.15, 0.2) is 5.78 Å². The van der Waals surface area contributed by atoms with Crippen LogP contribution in [0.15, 0.2) is 18.2 Å². The van der Waals surface area contributed by atoms with Gasteiger partial charge in [0.25, 0.3) is 5.60 Å². The van der Waals surface area contributed by atoms with Gasteiger partial charge in [-0.15, -0.1) is 0 Å². The maximum absolute atomic E-state index is 13.3. The standard InChI is InChI=1S/C11H7ClF3NO3/c1-5(17)10(11(13,14)15)7-4-6(12)2-3-8(7)16-9(18)19-10/h2-4H,1H3,(H,16,18). The smallest absolute Gasteiger partial charge is 0.420 e. The van der Waals surface area contributed by atoms with E-state index >= 15 is 0 Å². The number of carbonyl (C=O) groups excluding carboxylic acids is 2. The molecule has 1 heterocycles. The molecule has 0 aliphatic carbocycles. The Hall–Kier alpha value is -1.76. The van der Waals surface area contributed by atoms with Crippen molar-refractivity contribution in [2.75, 3.05) is 5.32 Å². The van der Waals surface area contributed by atoms with Gasteiger partial charge in [-0.2, -0.15) is 13.2 Å². The second-order valence-corrected chi connectivity index (χ2v) is 4.38. The Bertz CT molecular complexity index is 573. The molecule has 1 aliphatic rings. The number of carbonyl (C=O) groups is 2. The highest BCUT2D eigenvalue weighted by Crippen LogP contribution is 2.48. The monoisotopic (exact) mass is 293 g/mol. The summed E-state index contributed by atoms with van der Waals surface area (Å²) in [5.74, 6) is -1.35. The van der Waals surface area contributed by atoms with Crippen LogP contribution in [-0.4, -0.2) is 18.1 Å². The zero-order valence-corrected chi connectivity index (χ0v) is 10.2. The van der Waals surface area contributed by atoms with Crippen molar-refractivity contribution in [2.24, 2.45) is 0 Å². The number of amides is 1. The Morgan fingerprint density at radius 3 is 2.58 bits per heavy atom. The number of nitrogens with one attached hydrogen (secondary N) is 1. The average molecular weight is 294 g/mol. The van der Waals surface area contributed by atoms with Crippen LogP contribution < -0.4 is 5.32 Å². The van der Waals surface area contributed by atoms with E-state index in [1.54, 1.807) is 0 Å². The van der Waals surface area contributed by atoms with Crippen molar-refractivity contribution in [2.45, 2.75) is 18.7 Å². The van der Waals surface area contributed by atoms with Crippen molar-refractivity contribution in [1.82, 2.24) is 0 Å². The van der Waals surface area contributed by atoms with Crippen molar-refractivity contribution < 1.29 is 27.5 Å². The van der Waals surface area contributed by atoms with Crippen LogP contribution in [0.3, 0.4) is 0 Å². The Labute approximate surface area is 110 Å². The molecule has 102 valence electrons. The summed E-state index contributed by atoms with van der Waals surface area (Å²) in [4.78, 5) is 22.8. The lowest BCUT2D eigenvalue weighted by Crippen LogP contribution is -2.54. The van der Waals surface area contributed by atoms with E-state index in [0.29, 0.717) is 6.92 Å². The largest absolute Gasteiger partial charge is 0.440 e. The molecule has 1 amide bonds. The lowest BCUT2D eigenvalue weighted by atomic mass is 9.86. The fourth-order valence-electron chi connectivity index (χ4n) is 1.92. The van der Waals surface area contributed by atoms with Gasteiger partial charge in [-0.25, -0.2) is 4.79 Å². The Kier molecular flexibility index (Phi) is 2.97. The van der Waals surface area contributed by atoms with Gasteiger partial charge in [0, 0.05) is 10.6 Å². The third kappa shape index (κ3) is 1.94. The molecule has 19 heavy (non-hydrogen) atoms. The van der Waals surface area contributed by atoms with E-state index in [4.69, 9.17) is 11.6 Å². The number of rotatable bonds is 1. The lowest BCUT2D eigenvalue weighted by Gasteiger charge is -2.37. The number of anilines is 1. The molecule has 0 fully saturated rings. The Morgan fingerprint density at radius 2 is 2.05 bits per heavy atom. The molecule has 1 atom stereocenters. The quantitative estimate of drug-likeness (QED) is 0.865. The predicted molar refractivity (Wildman–Crippen MR) is 60.0 cm³/mol. The minimum atomic E-state index is -5.09. The van der Waals surface area contributed by atoms with Gasteiger partial charge in [-0.1, -0.05) is 11.6 Å². The first kappa shape index (κ1) is 13.7. The molecule has 0 spiro atoms. The lowest BCUT2D eigenvalue weighted by molar-refractivity contribution is -0.253. The molecule has 0 saturated carbocycles. The van der Waals surface area contributed by atoms with Crippen molar-refractivity contribution >= 4 is 29.2 Å². The number of fused-ring (bicyclic) bond motifs is 1. The van der Waals surface area contributed by atoms with Crippen LogP contribution in [0.4, 0.5) is 23.7 Å². The molecule has 4 nitrogen and oxygen atoms in total. The minimum Gasteiger partial charge on any atom is -0.420 e. The first-order chi connectivity index (χ1) is 8.68. The topological polar surface area (TPSA) is 55.4 Å². The third-order valence-corrected chi connectivity index (χ3v) is 2.97. The van der Waals surface area contributed by atoms with E-state index in [1.165, 1.54) is 12.1 Å². The number of Topliss-reactive ketones (excluding diaryl/α,β-unsaturated/α-hetero) is 1. The first-order valence-electron chi connectivity index (χ1n) is 5.06. The van der Waals surface area contributed by atoms with Gasteiger partial charge in [-0.05, 0) is 25.1 Å². The summed E-state index contributed by atoms with van der Waals surface area (Å²) in [5.41, 5.74) is -4.01. The summed E-state index contributed by atoms with van der Waals surface area (Å²) in [6, 6.07) is 3.43. The van der Waals surface area contributed by atoms with E-state index in [9.17, 15) is 22.8 Å². The molecular formula is C11H7ClF3NO3. The van der Waals surface area contributed by atoms with E-state index in [-0.39, 0.29) is 10.7 Å². The molecule has 2 rings (SSSR count). The zero-order valence-electron chi connectivity index (χ0n) is 9.47. The van der Waals surface area contributed by atoms with Crippen LogP contribution in [0.5, 0.6) is 0 Å². The summed E-state index contributed by atoms with van der Waals surface area (Å²) in [7, 11) is 0. The third-order valence-electron chi connectivity index (χ3n) is 2.74. The summed E-state index contributed by atoms with van der Waals surface area (Å²) in [6.45, 7) is 0.705. The molecule has 0 saturated heterocycles. The van der Waals surface area contributed by atoms with Gasteiger partial charge < -0.3 is 4.74 Å². The summed E-state index contributed by atoms with van der Waals surface area (Å²) in [6.07, 6.45) is -6.43. The molecule has 0 aromatic heterocycles. The molecular weight excluding hydrogens is 287 g/mol. The minimum absolute atomic E-state index is 0.00614. The molecule has 1 unspecified atom stereocenters. The summed E-state index contributed by atoms with van der Waals surface area (Å²) >= 11 is 5.65. The average Bonchev–Trinajstić information content (AvgIpc) is 2.26. The number of halogens is 4. The van der Waals surface area contributed by atoms with E-state index < -0.39 is 29.2 Å². The van der Waals surface area contributed by atoms with Crippen molar-refractivity contribution in [3.05, 3.63) is 28.8 Å². The Morgan fingerprint density at radius 1 is 1.42 bits per heavy atom. The van der Waals surface area contributed by atoms with Crippen molar-refractivity contribution in [3.63, 3.8) is 0 Å². The first-order valence-corrected chi connectivity index (χ1v) is 5.44. The highest BCUT2D eigenvalue weighted by atomic mass is 35.5. The molecule has 8 heteroatoms. The fraction of sp³-hybridized carbons (Fsp3) is 0.273. The Balaban J connectivity index is 2.79. The maximum Gasteiger partial charge on any atom is 0.440 e. The fourth-order valence-corrected chi connectivity index (χ4v) is 2.09.